The molecule has 1 aliphatic rings. The molecule has 0 saturated carbocycles. The lowest BCUT2D eigenvalue weighted by Crippen LogP contribution is -2.47. The molecule has 1 aliphatic heterocycles. The molecule has 1 fully saturated rings. The van der Waals surface area contributed by atoms with E-state index in [1.807, 2.05) is 43.7 Å². The Balaban J connectivity index is 1.51. The van der Waals surface area contributed by atoms with E-state index in [1.54, 1.807) is 13.3 Å². The normalized spacial score (nSPS) is 15.7. The molecule has 8 nitrogen and oxygen atoms in total. The van der Waals surface area contributed by atoms with E-state index in [-0.39, 0.29) is 11.1 Å². The molecule has 0 aliphatic carbocycles. The van der Waals surface area contributed by atoms with Crippen molar-refractivity contribution < 1.29 is 4.74 Å². The summed E-state index contributed by atoms with van der Waals surface area (Å²) in [6.07, 6.45) is 1.59. The zero-order valence-corrected chi connectivity index (χ0v) is 18.5. The number of rotatable bonds is 4. The number of aromatic amines is 1. The first-order chi connectivity index (χ1) is 14.3. The highest BCUT2D eigenvalue weighted by atomic mass is 35.5. The van der Waals surface area contributed by atoms with Crippen LogP contribution in [-0.2, 0) is 12.1 Å². The van der Waals surface area contributed by atoms with Crippen molar-refractivity contribution in [1.82, 2.24) is 24.6 Å². The third kappa shape index (κ3) is 4.02. The minimum absolute atomic E-state index is 0.156. The summed E-state index contributed by atoms with van der Waals surface area (Å²) in [6.45, 7) is 10.1. The first-order valence-electron chi connectivity index (χ1n) is 10.0. The Morgan fingerprint density at radius 2 is 1.93 bits per heavy atom. The van der Waals surface area contributed by atoms with Gasteiger partial charge in [-0.1, -0.05) is 11.6 Å². The molecule has 4 rings (SSSR count). The van der Waals surface area contributed by atoms with Crippen LogP contribution in [0.5, 0.6) is 5.75 Å². The maximum Gasteiger partial charge on any atom is 0.263 e. The molecule has 30 heavy (non-hydrogen) atoms. The van der Waals surface area contributed by atoms with Crippen LogP contribution in [0.4, 0.5) is 5.95 Å². The van der Waals surface area contributed by atoms with Gasteiger partial charge in [-0.2, -0.15) is 10.1 Å². The number of halogens is 1. The van der Waals surface area contributed by atoms with Gasteiger partial charge in [0.2, 0.25) is 5.95 Å². The lowest BCUT2D eigenvalue weighted by molar-refractivity contribution is 0.245. The average Bonchev–Trinajstić information content (AvgIpc) is 3.14. The maximum atomic E-state index is 12.6. The van der Waals surface area contributed by atoms with Crippen molar-refractivity contribution >= 4 is 28.6 Å². The highest BCUT2D eigenvalue weighted by Gasteiger charge is 2.24. The van der Waals surface area contributed by atoms with Gasteiger partial charge in [-0.3, -0.25) is 14.7 Å². The lowest BCUT2D eigenvalue weighted by Gasteiger charge is -2.35. The van der Waals surface area contributed by atoms with Crippen LogP contribution in [0.3, 0.4) is 0 Å². The van der Waals surface area contributed by atoms with Crippen molar-refractivity contribution in [2.24, 2.45) is 0 Å². The number of piperazine rings is 1. The van der Waals surface area contributed by atoms with Crippen molar-refractivity contribution in [3.63, 3.8) is 0 Å². The fraction of sp³-hybridized carbons (Fsp3) is 0.476. The van der Waals surface area contributed by atoms with Crippen molar-refractivity contribution in [2.45, 2.75) is 32.9 Å². The number of fused-ring (bicyclic) bond motifs is 1. The molecule has 0 amide bonds. The van der Waals surface area contributed by atoms with Crippen LogP contribution in [0, 0.1) is 0 Å². The molecule has 0 spiro atoms. The van der Waals surface area contributed by atoms with Crippen LogP contribution < -0.4 is 15.2 Å². The van der Waals surface area contributed by atoms with Gasteiger partial charge in [0.25, 0.3) is 5.56 Å². The highest BCUT2D eigenvalue weighted by molar-refractivity contribution is 6.30. The van der Waals surface area contributed by atoms with Gasteiger partial charge in [0, 0.05) is 43.3 Å². The van der Waals surface area contributed by atoms with E-state index >= 15 is 0 Å². The second-order valence-corrected chi connectivity index (χ2v) is 9.01. The Hall–Kier alpha value is -2.58. The number of hydrogen-bond donors (Lipinski definition) is 1. The van der Waals surface area contributed by atoms with Crippen LogP contribution >= 0.6 is 11.6 Å². The minimum Gasteiger partial charge on any atom is -0.496 e. The van der Waals surface area contributed by atoms with Gasteiger partial charge in [-0.15, -0.1) is 0 Å². The van der Waals surface area contributed by atoms with Crippen molar-refractivity contribution in [2.75, 3.05) is 38.2 Å². The monoisotopic (exact) mass is 430 g/mol. The summed E-state index contributed by atoms with van der Waals surface area (Å²) in [5.41, 5.74) is 1.28. The van der Waals surface area contributed by atoms with Gasteiger partial charge in [0.1, 0.15) is 11.1 Å². The van der Waals surface area contributed by atoms with Crippen LogP contribution in [0.1, 0.15) is 26.3 Å². The van der Waals surface area contributed by atoms with Crippen LogP contribution in [0.15, 0.2) is 29.2 Å². The van der Waals surface area contributed by atoms with Gasteiger partial charge < -0.3 is 9.64 Å². The van der Waals surface area contributed by atoms with Crippen molar-refractivity contribution in [1.29, 1.82) is 0 Å². The molecule has 3 aromatic rings. The standard InChI is InChI=1S/C21H27ClN6O2/c1-21(2,3)28-18-16(12-23-28)19(29)25-20(24-18)27-9-7-26(8-10-27)13-14-11-15(22)5-6-17(14)30-4/h5-6,11-12H,7-10,13H2,1-4H3,(H,24,25,29). The molecule has 160 valence electrons. The van der Waals surface area contributed by atoms with Gasteiger partial charge >= 0.3 is 0 Å². The quantitative estimate of drug-likeness (QED) is 0.685. The molecule has 2 aromatic heterocycles. The Morgan fingerprint density at radius 3 is 2.60 bits per heavy atom. The Bertz CT molecular complexity index is 1110. The molecular formula is C21H27ClN6O2. The van der Waals surface area contributed by atoms with E-state index in [4.69, 9.17) is 21.3 Å². The summed E-state index contributed by atoms with van der Waals surface area (Å²) in [6, 6.07) is 5.69. The van der Waals surface area contributed by atoms with E-state index in [2.05, 4.69) is 19.9 Å². The molecule has 9 heteroatoms. The largest absolute Gasteiger partial charge is 0.496 e. The summed E-state index contributed by atoms with van der Waals surface area (Å²) < 4.78 is 7.27. The summed E-state index contributed by atoms with van der Waals surface area (Å²) in [5.74, 6) is 1.44. The third-order valence-corrected chi connectivity index (χ3v) is 5.60. The van der Waals surface area contributed by atoms with Gasteiger partial charge in [-0.25, -0.2) is 4.68 Å². The zero-order valence-electron chi connectivity index (χ0n) is 17.8. The number of H-pyrrole nitrogens is 1. The number of ether oxygens (including phenoxy) is 1. The molecule has 0 radical (unpaired) electrons. The number of nitrogens with zero attached hydrogens (tertiary/aromatic N) is 5. The van der Waals surface area contributed by atoms with Gasteiger partial charge in [-0.05, 0) is 39.0 Å². The Kier molecular flexibility index (Phi) is 5.46. The van der Waals surface area contributed by atoms with Crippen LogP contribution in [0.25, 0.3) is 11.0 Å². The lowest BCUT2D eigenvalue weighted by atomic mass is 10.1. The highest BCUT2D eigenvalue weighted by Crippen LogP contribution is 2.25. The Labute approximate surface area is 180 Å². The molecule has 0 atom stereocenters. The first kappa shape index (κ1) is 20.7. The minimum atomic E-state index is -0.255. The first-order valence-corrected chi connectivity index (χ1v) is 10.4. The Morgan fingerprint density at radius 1 is 1.20 bits per heavy atom. The molecule has 1 saturated heterocycles. The van der Waals surface area contributed by atoms with E-state index in [1.165, 1.54) is 0 Å². The SMILES string of the molecule is COc1ccc(Cl)cc1CN1CCN(c2nc3c(cnn3C(C)(C)C)c(=O)[nH]2)CC1. The number of methoxy groups -OCH3 is 1. The van der Waals surface area contributed by atoms with E-state index in [0.717, 1.165) is 44.0 Å². The summed E-state index contributed by atoms with van der Waals surface area (Å²) in [4.78, 5) is 24.7. The number of benzene rings is 1. The third-order valence-electron chi connectivity index (χ3n) is 5.37. The fourth-order valence-electron chi connectivity index (χ4n) is 3.78. The van der Waals surface area contributed by atoms with Crippen LogP contribution in [-0.4, -0.2) is 57.9 Å². The summed E-state index contributed by atoms with van der Waals surface area (Å²) >= 11 is 6.16. The number of aromatic nitrogens is 4. The second kappa shape index (κ2) is 7.92. The fourth-order valence-corrected chi connectivity index (χ4v) is 3.97. The molecule has 1 aromatic carbocycles. The second-order valence-electron chi connectivity index (χ2n) is 8.57. The smallest absolute Gasteiger partial charge is 0.263 e. The van der Waals surface area contributed by atoms with E-state index in [9.17, 15) is 4.79 Å². The zero-order chi connectivity index (χ0) is 21.5. The van der Waals surface area contributed by atoms with E-state index in [0.29, 0.717) is 22.0 Å². The molecule has 1 N–H and O–H groups in total. The van der Waals surface area contributed by atoms with Crippen molar-refractivity contribution in [3.05, 3.63) is 45.3 Å². The summed E-state index contributed by atoms with van der Waals surface area (Å²) in [5, 5.41) is 5.60. The van der Waals surface area contributed by atoms with Crippen molar-refractivity contribution in [3.8, 4) is 5.75 Å². The van der Waals surface area contributed by atoms with Crippen LogP contribution in [0.2, 0.25) is 5.02 Å². The number of nitrogens with one attached hydrogen (secondary N) is 1. The van der Waals surface area contributed by atoms with E-state index < -0.39 is 0 Å². The predicted octanol–water partition coefficient (Wildman–Crippen LogP) is 2.86. The summed E-state index contributed by atoms with van der Waals surface area (Å²) in [7, 11) is 1.67. The van der Waals surface area contributed by atoms with Gasteiger partial charge in [0.15, 0.2) is 5.65 Å². The number of hydrogen-bond acceptors (Lipinski definition) is 6. The number of anilines is 1. The molecule has 0 unspecified atom stereocenters. The molecule has 0 bridgehead atoms. The predicted molar refractivity (Wildman–Crippen MR) is 119 cm³/mol. The van der Waals surface area contributed by atoms with Gasteiger partial charge in [0.05, 0.1) is 18.8 Å². The topological polar surface area (TPSA) is 79.3 Å². The molecular weight excluding hydrogens is 404 g/mol. The maximum absolute atomic E-state index is 12.6. The molecule has 3 heterocycles. The average molecular weight is 431 g/mol.